The molecule has 2 saturated carbocycles. The first kappa shape index (κ1) is 11.6. The number of carbonyl (C=O) groups is 1. The van der Waals surface area contributed by atoms with Gasteiger partial charge in [0.1, 0.15) is 0 Å². The first-order chi connectivity index (χ1) is 8.72. The molecule has 0 aromatic heterocycles. The zero-order valence-electron chi connectivity index (χ0n) is 10.5. The third-order valence-electron chi connectivity index (χ3n) is 3.81. The number of benzene rings is 1. The van der Waals surface area contributed by atoms with Gasteiger partial charge in [0, 0.05) is 18.8 Å². The topological polar surface area (TPSA) is 40.5 Å². The van der Waals surface area contributed by atoms with Crippen molar-refractivity contribution in [3.05, 3.63) is 29.8 Å². The minimum atomic E-state index is -0.838. The Kier molecular flexibility index (Phi) is 2.98. The Morgan fingerprint density at radius 1 is 1.17 bits per heavy atom. The summed E-state index contributed by atoms with van der Waals surface area (Å²) in [7, 11) is 0. The maximum atomic E-state index is 11.0. The zero-order chi connectivity index (χ0) is 12.5. The fourth-order valence-corrected chi connectivity index (χ4v) is 2.35. The van der Waals surface area contributed by atoms with Gasteiger partial charge in [0.25, 0.3) is 0 Å². The average Bonchev–Trinajstić information content (AvgIpc) is 3.23. The highest BCUT2D eigenvalue weighted by molar-refractivity contribution is 5.88. The van der Waals surface area contributed by atoms with Crippen molar-refractivity contribution in [3.8, 4) is 0 Å². The molecular formula is C15H19NO2. The van der Waals surface area contributed by atoms with Crippen LogP contribution in [-0.2, 0) is 0 Å². The van der Waals surface area contributed by atoms with Gasteiger partial charge in [-0.25, -0.2) is 4.79 Å². The normalized spacial score (nSPS) is 18.7. The lowest BCUT2D eigenvalue weighted by molar-refractivity contribution is 0.0697. The molecule has 0 spiro atoms. The van der Waals surface area contributed by atoms with Crippen molar-refractivity contribution < 1.29 is 9.90 Å². The molecule has 96 valence electrons. The molecule has 0 bridgehead atoms. The molecule has 18 heavy (non-hydrogen) atoms. The monoisotopic (exact) mass is 245 g/mol. The van der Waals surface area contributed by atoms with Crippen molar-refractivity contribution in [2.45, 2.75) is 25.7 Å². The lowest BCUT2D eigenvalue weighted by atomic mass is 10.1. The van der Waals surface area contributed by atoms with Crippen LogP contribution in [0.2, 0.25) is 0 Å². The van der Waals surface area contributed by atoms with Crippen LogP contribution in [0.3, 0.4) is 0 Å². The molecule has 3 rings (SSSR count). The van der Waals surface area contributed by atoms with E-state index in [0.29, 0.717) is 5.56 Å². The Hall–Kier alpha value is -1.51. The third-order valence-corrected chi connectivity index (χ3v) is 3.81. The van der Waals surface area contributed by atoms with Crippen LogP contribution in [0.4, 0.5) is 5.69 Å². The predicted octanol–water partition coefficient (Wildman–Crippen LogP) is 3.01. The number of carboxylic acid groups (broad SMARTS) is 1. The molecule has 0 amide bonds. The number of nitrogens with zero attached hydrogens (tertiary/aromatic N) is 1. The van der Waals surface area contributed by atoms with Gasteiger partial charge in [-0.15, -0.1) is 0 Å². The maximum Gasteiger partial charge on any atom is 0.335 e. The molecule has 0 aliphatic heterocycles. The molecule has 1 aromatic carbocycles. The van der Waals surface area contributed by atoms with Crippen molar-refractivity contribution >= 4 is 11.7 Å². The predicted molar refractivity (Wildman–Crippen MR) is 71.1 cm³/mol. The Labute approximate surface area is 107 Å². The van der Waals surface area contributed by atoms with Crippen LogP contribution < -0.4 is 4.90 Å². The fraction of sp³-hybridized carbons (Fsp3) is 0.533. The summed E-state index contributed by atoms with van der Waals surface area (Å²) in [6, 6.07) is 7.37. The maximum absolute atomic E-state index is 11.0. The molecule has 0 saturated heterocycles. The summed E-state index contributed by atoms with van der Waals surface area (Å²) in [4.78, 5) is 13.4. The Balaban J connectivity index is 1.77. The number of carboxylic acids is 1. The number of anilines is 1. The third kappa shape index (κ3) is 2.84. The van der Waals surface area contributed by atoms with Crippen molar-refractivity contribution in [3.63, 3.8) is 0 Å². The smallest absolute Gasteiger partial charge is 0.335 e. The second kappa shape index (κ2) is 4.63. The molecule has 0 radical (unpaired) electrons. The fourth-order valence-electron chi connectivity index (χ4n) is 2.35. The van der Waals surface area contributed by atoms with Gasteiger partial charge in [-0.05, 0) is 55.7 Å². The molecule has 2 aliphatic rings. The van der Waals surface area contributed by atoms with E-state index in [4.69, 9.17) is 5.11 Å². The van der Waals surface area contributed by atoms with Gasteiger partial charge in [0.15, 0.2) is 0 Å². The molecule has 3 nitrogen and oxygen atoms in total. The van der Waals surface area contributed by atoms with Crippen molar-refractivity contribution in [2.75, 3.05) is 18.0 Å². The molecular weight excluding hydrogens is 226 g/mol. The van der Waals surface area contributed by atoms with Crippen LogP contribution in [0.15, 0.2) is 24.3 Å². The molecule has 1 N–H and O–H groups in total. The van der Waals surface area contributed by atoms with Crippen LogP contribution in [0.25, 0.3) is 0 Å². The van der Waals surface area contributed by atoms with E-state index in [0.717, 1.165) is 30.6 Å². The molecule has 1 aromatic rings. The zero-order valence-corrected chi connectivity index (χ0v) is 10.5. The van der Waals surface area contributed by atoms with Gasteiger partial charge in [-0.3, -0.25) is 0 Å². The van der Waals surface area contributed by atoms with Gasteiger partial charge in [0.05, 0.1) is 5.56 Å². The number of hydrogen-bond acceptors (Lipinski definition) is 2. The van der Waals surface area contributed by atoms with Gasteiger partial charge in [0.2, 0.25) is 0 Å². The molecule has 0 unspecified atom stereocenters. The summed E-state index contributed by atoms with van der Waals surface area (Å²) in [6.07, 6.45) is 5.33. The van der Waals surface area contributed by atoms with E-state index in [1.807, 2.05) is 18.2 Å². The number of hydrogen-bond donors (Lipinski definition) is 1. The van der Waals surface area contributed by atoms with Gasteiger partial charge >= 0.3 is 5.97 Å². The highest BCUT2D eigenvalue weighted by Gasteiger charge is 2.29. The van der Waals surface area contributed by atoms with E-state index in [2.05, 4.69) is 4.90 Å². The Morgan fingerprint density at radius 3 is 2.28 bits per heavy atom. The summed E-state index contributed by atoms with van der Waals surface area (Å²) < 4.78 is 0. The Bertz CT molecular complexity index is 436. The molecule has 0 heterocycles. The van der Waals surface area contributed by atoms with E-state index in [1.165, 1.54) is 25.7 Å². The van der Waals surface area contributed by atoms with Crippen LogP contribution in [0, 0.1) is 11.8 Å². The summed E-state index contributed by atoms with van der Waals surface area (Å²) in [6.45, 7) is 2.19. The summed E-state index contributed by atoms with van der Waals surface area (Å²) in [5, 5.41) is 9.06. The van der Waals surface area contributed by atoms with E-state index in [-0.39, 0.29) is 0 Å². The van der Waals surface area contributed by atoms with Crippen LogP contribution in [0.5, 0.6) is 0 Å². The van der Waals surface area contributed by atoms with Crippen LogP contribution in [-0.4, -0.2) is 24.2 Å². The summed E-state index contributed by atoms with van der Waals surface area (Å²) >= 11 is 0. The number of rotatable bonds is 6. The van der Waals surface area contributed by atoms with Crippen LogP contribution in [0.1, 0.15) is 36.0 Å². The number of aromatic carboxylic acids is 1. The molecule has 2 aliphatic carbocycles. The highest BCUT2D eigenvalue weighted by Crippen LogP contribution is 2.35. The lowest BCUT2D eigenvalue weighted by Crippen LogP contribution is -2.28. The quantitative estimate of drug-likeness (QED) is 0.837. The van der Waals surface area contributed by atoms with Gasteiger partial charge in [-0.2, -0.15) is 0 Å². The van der Waals surface area contributed by atoms with E-state index in [1.54, 1.807) is 6.07 Å². The molecule has 2 fully saturated rings. The largest absolute Gasteiger partial charge is 0.478 e. The van der Waals surface area contributed by atoms with Crippen LogP contribution >= 0.6 is 0 Å². The van der Waals surface area contributed by atoms with E-state index >= 15 is 0 Å². The standard InChI is InChI=1S/C15H19NO2/c17-15(18)13-2-1-3-14(8-13)16(9-11-4-5-11)10-12-6-7-12/h1-3,8,11-12H,4-7,9-10H2,(H,17,18). The van der Waals surface area contributed by atoms with Gasteiger partial charge < -0.3 is 10.0 Å². The van der Waals surface area contributed by atoms with E-state index < -0.39 is 5.97 Å². The molecule has 0 atom stereocenters. The molecule has 3 heteroatoms. The summed E-state index contributed by atoms with van der Waals surface area (Å²) in [5.74, 6) is 0.823. The van der Waals surface area contributed by atoms with E-state index in [9.17, 15) is 4.79 Å². The second-order valence-corrected chi connectivity index (χ2v) is 5.65. The van der Waals surface area contributed by atoms with Crippen molar-refractivity contribution in [2.24, 2.45) is 11.8 Å². The second-order valence-electron chi connectivity index (χ2n) is 5.65. The first-order valence-electron chi connectivity index (χ1n) is 6.80. The van der Waals surface area contributed by atoms with Crippen molar-refractivity contribution in [1.29, 1.82) is 0 Å². The average molecular weight is 245 g/mol. The van der Waals surface area contributed by atoms with Gasteiger partial charge in [-0.1, -0.05) is 6.07 Å². The van der Waals surface area contributed by atoms with Crippen molar-refractivity contribution in [1.82, 2.24) is 0 Å². The highest BCUT2D eigenvalue weighted by atomic mass is 16.4. The minimum absolute atomic E-state index is 0.393. The lowest BCUT2D eigenvalue weighted by Gasteiger charge is -2.25. The Morgan fingerprint density at radius 2 is 1.78 bits per heavy atom. The SMILES string of the molecule is O=C(O)c1cccc(N(CC2CC2)CC2CC2)c1. The minimum Gasteiger partial charge on any atom is -0.478 e. The summed E-state index contributed by atoms with van der Waals surface area (Å²) in [5.41, 5.74) is 1.47. The first-order valence-corrected chi connectivity index (χ1v) is 6.80.